The summed E-state index contributed by atoms with van der Waals surface area (Å²) in [6, 6.07) is 0.277. The number of rotatable bonds is 3. The fraction of sp³-hybridized carbons (Fsp3) is 1.00. The molecular weight excluding hydrogens is 176 g/mol. The number of piperidine rings is 1. The highest BCUT2D eigenvalue weighted by atomic mass is 16.3. The maximum absolute atomic E-state index is 9.72. The highest BCUT2D eigenvalue weighted by Gasteiger charge is 2.26. The van der Waals surface area contributed by atoms with Crippen LogP contribution >= 0.6 is 0 Å². The van der Waals surface area contributed by atoms with Crippen LogP contribution in [0.25, 0.3) is 0 Å². The molecule has 1 aliphatic heterocycles. The van der Waals surface area contributed by atoms with E-state index < -0.39 is 5.60 Å². The number of nitrogens with two attached hydrogens (primary N) is 1. The van der Waals surface area contributed by atoms with Crippen molar-refractivity contribution in [3.8, 4) is 0 Å². The van der Waals surface area contributed by atoms with Crippen LogP contribution in [0.5, 0.6) is 0 Å². The summed E-state index contributed by atoms with van der Waals surface area (Å²) in [5.41, 5.74) is 5.32. The number of hydrogen-bond donors (Lipinski definition) is 2. The van der Waals surface area contributed by atoms with E-state index in [1.165, 1.54) is 12.8 Å². The summed E-state index contributed by atoms with van der Waals surface area (Å²) < 4.78 is 0. The van der Waals surface area contributed by atoms with E-state index >= 15 is 0 Å². The maximum Gasteiger partial charge on any atom is 0.0718 e. The number of aliphatic hydroxyl groups is 1. The molecule has 0 aromatic rings. The Hall–Kier alpha value is -0.120. The van der Waals surface area contributed by atoms with Gasteiger partial charge in [-0.3, -0.25) is 0 Å². The van der Waals surface area contributed by atoms with Crippen LogP contribution in [0.3, 0.4) is 0 Å². The summed E-state index contributed by atoms with van der Waals surface area (Å²) >= 11 is 0. The Morgan fingerprint density at radius 2 is 2.21 bits per heavy atom. The molecule has 1 fully saturated rings. The predicted molar refractivity (Wildman–Crippen MR) is 59.1 cm³/mol. The average Bonchev–Trinajstić information content (AvgIpc) is 2.01. The smallest absolute Gasteiger partial charge is 0.0718 e. The molecule has 14 heavy (non-hydrogen) atoms. The molecule has 0 saturated carbocycles. The Balaban J connectivity index is 2.40. The zero-order chi connectivity index (χ0) is 10.8. The fourth-order valence-electron chi connectivity index (χ4n) is 2.21. The monoisotopic (exact) mass is 200 g/mol. The van der Waals surface area contributed by atoms with Crippen molar-refractivity contribution >= 4 is 0 Å². The van der Waals surface area contributed by atoms with Gasteiger partial charge < -0.3 is 15.7 Å². The summed E-state index contributed by atoms with van der Waals surface area (Å²) in [7, 11) is 0. The Labute approximate surface area is 87.3 Å². The first-order valence-corrected chi connectivity index (χ1v) is 5.59. The molecule has 0 aromatic carbocycles. The second-order valence-corrected chi connectivity index (χ2v) is 5.31. The van der Waals surface area contributed by atoms with Crippen LogP contribution in [-0.4, -0.2) is 41.3 Å². The first-order chi connectivity index (χ1) is 6.38. The van der Waals surface area contributed by atoms with Gasteiger partial charge in [-0.2, -0.15) is 0 Å². The van der Waals surface area contributed by atoms with Crippen molar-refractivity contribution in [3.63, 3.8) is 0 Å². The molecule has 84 valence electrons. The van der Waals surface area contributed by atoms with E-state index in [-0.39, 0.29) is 6.04 Å². The van der Waals surface area contributed by atoms with E-state index in [4.69, 9.17) is 5.73 Å². The van der Waals surface area contributed by atoms with Gasteiger partial charge in [0, 0.05) is 19.1 Å². The summed E-state index contributed by atoms with van der Waals surface area (Å²) in [5.74, 6) is 0.603. The first-order valence-electron chi connectivity index (χ1n) is 5.59. The second kappa shape index (κ2) is 4.60. The highest BCUT2D eigenvalue weighted by molar-refractivity contribution is 4.81. The lowest BCUT2D eigenvalue weighted by Gasteiger charge is -2.37. The lowest BCUT2D eigenvalue weighted by Crippen LogP contribution is -2.47. The van der Waals surface area contributed by atoms with Crippen molar-refractivity contribution in [1.29, 1.82) is 0 Å². The van der Waals surface area contributed by atoms with Crippen molar-refractivity contribution in [2.24, 2.45) is 11.7 Å². The third-order valence-electron chi connectivity index (χ3n) is 2.90. The first kappa shape index (κ1) is 12.0. The average molecular weight is 200 g/mol. The van der Waals surface area contributed by atoms with Crippen LogP contribution < -0.4 is 5.73 Å². The van der Waals surface area contributed by atoms with Gasteiger partial charge in [-0.1, -0.05) is 0 Å². The molecule has 1 aliphatic rings. The Bertz CT molecular complexity index is 175. The van der Waals surface area contributed by atoms with Crippen molar-refractivity contribution < 1.29 is 5.11 Å². The third kappa shape index (κ3) is 3.95. The Morgan fingerprint density at radius 1 is 1.57 bits per heavy atom. The molecule has 0 spiro atoms. The second-order valence-electron chi connectivity index (χ2n) is 5.31. The number of hydrogen-bond acceptors (Lipinski definition) is 3. The van der Waals surface area contributed by atoms with Crippen LogP contribution in [-0.2, 0) is 0 Å². The molecule has 3 heteroatoms. The zero-order valence-corrected chi connectivity index (χ0v) is 9.66. The minimum Gasteiger partial charge on any atom is -0.389 e. The number of nitrogens with zero attached hydrogens (tertiary/aromatic N) is 1. The van der Waals surface area contributed by atoms with Crippen LogP contribution in [0.2, 0.25) is 0 Å². The van der Waals surface area contributed by atoms with Crippen LogP contribution in [0.1, 0.15) is 33.6 Å². The molecule has 3 N–H and O–H groups in total. The molecule has 0 amide bonds. The normalized spacial score (nSPS) is 27.6. The van der Waals surface area contributed by atoms with E-state index in [1.54, 1.807) is 0 Å². The fourth-order valence-corrected chi connectivity index (χ4v) is 2.21. The van der Waals surface area contributed by atoms with Gasteiger partial charge in [-0.15, -0.1) is 0 Å². The molecule has 1 rings (SSSR count). The van der Waals surface area contributed by atoms with Crippen LogP contribution in [0.4, 0.5) is 0 Å². The van der Waals surface area contributed by atoms with Gasteiger partial charge in [0.05, 0.1) is 5.60 Å². The topological polar surface area (TPSA) is 49.5 Å². The van der Waals surface area contributed by atoms with E-state index in [0.717, 1.165) is 19.6 Å². The predicted octanol–water partition coefficient (Wildman–Crippen LogP) is 0.816. The van der Waals surface area contributed by atoms with Gasteiger partial charge in [0.1, 0.15) is 0 Å². The van der Waals surface area contributed by atoms with Gasteiger partial charge in [0.2, 0.25) is 0 Å². The SMILES string of the molecule is CC(N)C1CCCN(CC(C)(C)O)C1. The molecule has 2 unspecified atom stereocenters. The van der Waals surface area contributed by atoms with Gasteiger partial charge in [0.25, 0.3) is 0 Å². The molecule has 0 radical (unpaired) electrons. The van der Waals surface area contributed by atoms with Crippen LogP contribution in [0.15, 0.2) is 0 Å². The summed E-state index contributed by atoms with van der Waals surface area (Å²) in [5, 5.41) is 9.72. The van der Waals surface area contributed by atoms with E-state index in [2.05, 4.69) is 11.8 Å². The minimum absolute atomic E-state index is 0.277. The molecule has 1 saturated heterocycles. The molecule has 2 atom stereocenters. The Morgan fingerprint density at radius 3 is 2.71 bits per heavy atom. The van der Waals surface area contributed by atoms with Crippen molar-refractivity contribution in [3.05, 3.63) is 0 Å². The van der Waals surface area contributed by atoms with Gasteiger partial charge in [-0.05, 0) is 46.1 Å². The van der Waals surface area contributed by atoms with Crippen molar-refractivity contribution in [2.45, 2.75) is 45.3 Å². The van der Waals surface area contributed by atoms with Crippen LogP contribution in [0, 0.1) is 5.92 Å². The van der Waals surface area contributed by atoms with E-state index in [9.17, 15) is 5.11 Å². The summed E-state index contributed by atoms with van der Waals surface area (Å²) in [6.45, 7) is 8.72. The number of β-amino-alcohol motifs (C(OH)–C–C–N with tert-alkyl or cyclic N) is 1. The summed E-state index contributed by atoms with van der Waals surface area (Å²) in [4.78, 5) is 2.33. The van der Waals surface area contributed by atoms with Crippen molar-refractivity contribution in [1.82, 2.24) is 4.90 Å². The highest BCUT2D eigenvalue weighted by Crippen LogP contribution is 2.20. The number of likely N-dealkylation sites (tertiary alicyclic amines) is 1. The lowest BCUT2D eigenvalue weighted by atomic mass is 9.91. The van der Waals surface area contributed by atoms with Gasteiger partial charge in [-0.25, -0.2) is 0 Å². The lowest BCUT2D eigenvalue weighted by molar-refractivity contribution is 0.0197. The van der Waals surface area contributed by atoms with E-state index in [1.807, 2.05) is 13.8 Å². The Kier molecular flexibility index (Phi) is 3.93. The minimum atomic E-state index is -0.584. The van der Waals surface area contributed by atoms with Gasteiger partial charge in [0.15, 0.2) is 0 Å². The molecular formula is C11H24N2O. The molecule has 0 aromatic heterocycles. The maximum atomic E-state index is 9.72. The zero-order valence-electron chi connectivity index (χ0n) is 9.66. The molecule has 0 bridgehead atoms. The molecule has 1 heterocycles. The molecule has 0 aliphatic carbocycles. The van der Waals surface area contributed by atoms with Gasteiger partial charge >= 0.3 is 0 Å². The standard InChI is InChI=1S/C11H24N2O/c1-9(12)10-5-4-6-13(7-10)8-11(2,3)14/h9-10,14H,4-8,12H2,1-3H3. The summed E-state index contributed by atoms with van der Waals surface area (Å²) in [6.07, 6.45) is 2.45. The van der Waals surface area contributed by atoms with E-state index in [0.29, 0.717) is 5.92 Å². The third-order valence-corrected chi connectivity index (χ3v) is 2.90. The largest absolute Gasteiger partial charge is 0.389 e. The molecule has 3 nitrogen and oxygen atoms in total. The van der Waals surface area contributed by atoms with Crippen molar-refractivity contribution in [2.75, 3.05) is 19.6 Å². The quantitative estimate of drug-likeness (QED) is 0.709.